The van der Waals surface area contributed by atoms with Gasteiger partial charge < -0.3 is 14.4 Å². The van der Waals surface area contributed by atoms with Crippen molar-refractivity contribution in [2.75, 3.05) is 20.2 Å². The third kappa shape index (κ3) is 4.35. The van der Waals surface area contributed by atoms with Crippen LogP contribution in [0.2, 0.25) is 0 Å². The summed E-state index contributed by atoms with van der Waals surface area (Å²) in [5.41, 5.74) is 2.66. The molecule has 0 radical (unpaired) electrons. The van der Waals surface area contributed by atoms with E-state index in [1.165, 1.54) is 11.1 Å². The molecule has 0 aromatic heterocycles. The number of carbonyl (C=O) groups is 1. The Morgan fingerprint density at radius 3 is 3.05 bits per heavy atom. The highest BCUT2D eigenvalue weighted by molar-refractivity contribution is 5.75. The van der Waals surface area contributed by atoms with Crippen LogP contribution < -0.4 is 4.74 Å². The van der Waals surface area contributed by atoms with Gasteiger partial charge in [0.2, 0.25) is 0 Å². The minimum atomic E-state index is 0.277. The predicted molar refractivity (Wildman–Crippen MR) is 76.5 cm³/mol. The Balaban J connectivity index is 1.86. The van der Waals surface area contributed by atoms with Crippen LogP contribution in [0.1, 0.15) is 37.3 Å². The summed E-state index contributed by atoms with van der Waals surface area (Å²) < 4.78 is 5.62. The number of ketones is 1. The molecule has 0 N–H and O–H groups in total. The zero-order chi connectivity index (χ0) is 13.7. The average Bonchev–Trinajstić information content (AvgIpc) is 2.38. The van der Waals surface area contributed by atoms with Crippen molar-refractivity contribution in [3.8, 4) is 5.75 Å². The zero-order valence-corrected chi connectivity index (χ0v) is 11.9. The molecule has 3 heteroatoms. The number of nitrogens with zero attached hydrogens (tertiary/aromatic N) is 1. The second kappa shape index (κ2) is 6.71. The van der Waals surface area contributed by atoms with E-state index in [0.717, 1.165) is 44.7 Å². The van der Waals surface area contributed by atoms with Gasteiger partial charge in [-0.3, -0.25) is 0 Å². The van der Waals surface area contributed by atoms with Gasteiger partial charge in [0.15, 0.2) is 0 Å². The number of hydrogen-bond acceptors (Lipinski definition) is 3. The standard InChI is InChI=1S/C16H23NO2/c1-13(18)5-3-9-17(2)12-14-7-8-16-15(11-14)6-4-10-19-16/h7-8,11H,3-6,9-10,12H2,1-2H3. The molecule has 0 aliphatic carbocycles. The molecule has 0 amide bonds. The maximum atomic E-state index is 10.9. The topological polar surface area (TPSA) is 29.5 Å². The van der Waals surface area contributed by atoms with Crippen LogP contribution in [0.5, 0.6) is 5.75 Å². The monoisotopic (exact) mass is 261 g/mol. The fourth-order valence-corrected chi connectivity index (χ4v) is 2.50. The summed E-state index contributed by atoms with van der Waals surface area (Å²) in [5, 5.41) is 0. The maximum Gasteiger partial charge on any atom is 0.129 e. The second-order valence-corrected chi connectivity index (χ2v) is 5.44. The maximum absolute atomic E-state index is 10.9. The number of aryl methyl sites for hydroxylation is 1. The number of ether oxygens (including phenoxy) is 1. The lowest BCUT2D eigenvalue weighted by Crippen LogP contribution is -2.20. The molecule has 0 atom stereocenters. The van der Waals surface area contributed by atoms with Gasteiger partial charge in [0.05, 0.1) is 6.61 Å². The molecule has 1 aliphatic rings. The van der Waals surface area contributed by atoms with Gasteiger partial charge in [-0.25, -0.2) is 0 Å². The van der Waals surface area contributed by atoms with E-state index in [-0.39, 0.29) is 5.78 Å². The lowest BCUT2D eigenvalue weighted by molar-refractivity contribution is -0.117. The van der Waals surface area contributed by atoms with Gasteiger partial charge in [-0.2, -0.15) is 0 Å². The van der Waals surface area contributed by atoms with Crippen molar-refractivity contribution in [2.45, 2.75) is 39.2 Å². The second-order valence-electron chi connectivity index (χ2n) is 5.44. The molecule has 0 saturated carbocycles. The SMILES string of the molecule is CC(=O)CCCN(C)Cc1ccc2c(c1)CCCO2. The smallest absolute Gasteiger partial charge is 0.129 e. The summed E-state index contributed by atoms with van der Waals surface area (Å²) in [6.45, 7) is 4.40. The van der Waals surface area contributed by atoms with Gasteiger partial charge in [0.1, 0.15) is 11.5 Å². The molecule has 0 fully saturated rings. The molecule has 3 nitrogen and oxygen atoms in total. The third-order valence-corrected chi connectivity index (χ3v) is 3.49. The molecular formula is C16H23NO2. The van der Waals surface area contributed by atoms with Crippen LogP contribution in [0.3, 0.4) is 0 Å². The number of benzene rings is 1. The van der Waals surface area contributed by atoms with Gasteiger partial charge in [-0.15, -0.1) is 0 Å². The molecule has 1 aromatic rings. The average molecular weight is 261 g/mol. The van der Waals surface area contributed by atoms with Crippen molar-refractivity contribution < 1.29 is 9.53 Å². The van der Waals surface area contributed by atoms with Crippen LogP contribution in [-0.2, 0) is 17.8 Å². The quantitative estimate of drug-likeness (QED) is 0.788. The van der Waals surface area contributed by atoms with Gasteiger partial charge in [-0.05, 0) is 57.0 Å². The number of carbonyl (C=O) groups excluding carboxylic acids is 1. The van der Waals surface area contributed by atoms with Crippen LogP contribution >= 0.6 is 0 Å². The lowest BCUT2D eigenvalue weighted by atomic mass is 10.0. The number of fused-ring (bicyclic) bond motifs is 1. The highest BCUT2D eigenvalue weighted by Gasteiger charge is 2.11. The summed E-state index contributed by atoms with van der Waals surface area (Å²) in [5.74, 6) is 1.33. The summed E-state index contributed by atoms with van der Waals surface area (Å²) >= 11 is 0. The van der Waals surface area contributed by atoms with Crippen molar-refractivity contribution in [3.05, 3.63) is 29.3 Å². The Hall–Kier alpha value is -1.35. The molecule has 0 unspecified atom stereocenters. The lowest BCUT2D eigenvalue weighted by Gasteiger charge is -2.20. The molecule has 0 spiro atoms. The molecule has 1 aliphatic heterocycles. The molecule has 1 heterocycles. The largest absolute Gasteiger partial charge is 0.493 e. The summed E-state index contributed by atoms with van der Waals surface area (Å²) in [7, 11) is 2.11. The molecular weight excluding hydrogens is 238 g/mol. The fraction of sp³-hybridized carbons (Fsp3) is 0.562. The molecule has 104 valence electrons. The molecule has 0 saturated heterocycles. The Morgan fingerprint density at radius 1 is 1.42 bits per heavy atom. The zero-order valence-electron chi connectivity index (χ0n) is 11.9. The number of Topliss-reactive ketones (excluding diaryl/α,β-unsaturated/α-hetero) is 1. The van der Waals surface area contributed by atoms with E-state index < -0.39 is 0 Å². The Morgan fingerprint density at radius 2 is 2.26 bits per heavy atom. The molecule has 0 bridgehead atoms. The van der Waals surface area contributed by atoms with Crippen molar-refractivity contribution in [1.82, 2.24) is 4.90 Å². The van der Waals surface area contributed by atoms with Crippen LogP contribution in [0.15, 0.2) is 18.2 Å². The first kappa shape index (κ1) is 14.1. The van der Waals surface area contributed by atoms with Gasteiger partial charge in [0.25, 0.3) is 0 Å². The summed E-state index contributed by atoms with van der Waals surface area (Å²) in [6, 6.07) is 6.49. The highest BCUT2D eigenvalue weighted by Crippen LogP contribution is 2.25. The first-order valence-electron chi connectivity index (χ1n) is 7.08. The molecule has 1 aromatic carbocycles. The Kier molecular flexibility index (Phi) is 4.97. The van der Waals surface area contributed by atoms with E-state index in [9.17, 15) is 4.79 Å². The van der Waals surface area contributed by atoms with Crippen LogP contribution in [0.25, 0.3) is 0 Å². The highest BCUT2D eigenvalue weighted by atomic mass is 16.5. The van der Waals surface area contributed by atoms with E-state index in [2.05, 4.69) is 30.1 Å². The summed E-state index contributed by atoms with van der Waals surface area (Å²) in [4.78, 5) is 13.2. The van der Waals surface area contributed by atoms with Gasteiger partial charge in [0, 0.05) is 13.0 Å². The van der Waals surface area contributed by atoms with Crippen molar-refractivity contribution >= 4 is 5.78 Å². The Labute approximate surface area is 115 Å². The summed E-state index contributed by atoms with van der Waals surface area (Å²) in [6.07, 6.45) is 3.87. The van der Waals surface area contributed by atoms with E-state index in [1.54, 1.807) is 6.92 Å². The number of hydrogen-bond donors (Lipinski definition) is 0. The van der Waals surface area contributed by atoms with Gasteiger partial charge >= 0.3 is 0 Å². The van der Waals surface area contributed by atoms with E-state index in [4.69, 9.17) is 4.74 Å². The van der Waals surface area contributed by atoms with Crippen molar-refractivity contribution in [3.63, 3.8) is 0 Å². The third-order valence-electron chi connectivity index (χ3n) is 3.49. The fourth-order valence-electron chi connectivity index (χ4n) is 2.50. The van der Waals surface area contributed by atoms with Crippen LogP contribution in [0, 0.1) is 0 Å². The number of rotatable bonds is 6. The van der Waals surface area contributed by atoms with E-state index in [1.807, 2.05) is 0 Å². The normalized spacial score (nSPS) is 14.1. The van der Waals surface area contributed by atoms with Crippen molar-refractivity contribution in [2.24, 2.45) is 0 Å². The minimum Gasteiger partial charge on any atom is -0.493 e. The van der Waals surface area contributed by atoms with Gasteiger partial charge in [-0.1, -0.05) is 12.1 Å². The van der Waals surface area contributed by atoms with Crippen LogP contribution in [0.4, 0.5) is 0 Å². The molecule has 19 heavy (non-hydrogen) atoms. The van der Waals surface area contributed by atoms with E-state index >= 15 is 0 Å². The van der Waals surface area contributed by atoms with Crippen molar-refractivity contribution in [1.29, 1.82) is 0 Å². The first-order valence-corrected chi connectivity index (χ1v) is 7.08. The predicted octanol–water partition coefficient (Wildman–Crippen LogP) is 2.81. The minimum absolute atomic E-state index is 0.277. The first-order chi connectivity index (χ1) is 9.15. The molecule has 2 rings (SSSR count). The van der Waals surface area contributed by atoms with Crippen LogP contribution in [-0.4, -0.2) is 30.9 Å². The van der Waals surface area contributed by atoms with E-state index in [0.29, 0.717) is 6.42 Å². The Bertz CT molecular complexity index is 442.